The van der Waals surface area contributed by atoms with Crippen molar-refractivity contribution in [3.63, 3.8) is 0 Å². The second-order valence-corrected chi connectivity index (χ2v) is 4.92. The second kappa shape index (κ2) is 5.63. The summed E-state index contributed by atoms with van der Waals surface area (Å²) in [5.74, 6) is 1.18. The van der Waals surface area contributed by atoms with Crippen LogP contribution in [0.4, 0.5) is 5.82 Å². The Morgan fingerprint density at radius 1 is 1.28 bits per heavy atom. The largest absolute Gasteiger partial charge is 0.383 e. The number of aromatic nitrogens is 2. The Morgan fingerprint density at radius 2 is 1.94 bits per heavy atom. The molecule has 1 aromatic heterocycles. The van der Waals surface area contributed by atoms with Crippen LogP contribution in [-0.2, 0) is 16.9 Å². The van der Waals surface area contributed by atoms with Crippen molar-refractivity contribution in [2.75, 3.05) is 12.8 Å². The van der Waals surface area contributed by atoms with E-state index in [9.17, 15) is 0 Å². The molecule has 0 atom stereocenters. The lowest BCUT2D eigenvalue weighted by atomic mass is 9.93. The molecule has 0 radical (unpaired) electrons. The SMILES string of the molecule is COC1(c2ncc(CN)c(N)n2)CCCCCC1. The highest BCUT2D eigenvalue weighted by atomic mass is 16.5. The molecule has 0 saturated heterocycles. The zero-order chi connectivity index (χ0) is 13.0. The van der Waals surface area contributed by atoms with Crippen molar-refractivity contribution < 1.29 is 4.74 Å². The fraction of sp³-hybridized carbons (Fsp3) is 0.692. The Bertz CT molecular complexity index is 400. The van der Waals surface area contributed by atoms with Crippen LogP contribution in [0.1, 0.15) is 49.9 Å². The van der Waals surface area contributed by atoms with Gasteiger partial charge in [0.1, 0.15) is 11.4 Å². The van der Waals surface area contributed by atoms with Crippen LogP contribution in [0.3, 0.4) is 0 Å². The van der Waals surface area contributed by atoms with E-state index in [1.54, 1.807) is 13.3 Å². The minimum absolute atomic E-state index is 0.363. The summed E-state index contributed by atoms with van der Waals surface area (Å²) < 4.78 is 5.76. The first-order valence-electron chi connectivity index (χ1n) is 6.59. The Labute approximate surface area is 108 Å². The molecule has 5 heteroatoms. The Morgan fingerprint density at radius 3 is 2.44 bits per heavy atom. The summed E-state index contributed by atoms with van der Waals surface area (Å²) in [4.78, 5) is 8.84. The zero-order valence-electron chi connectivity index (χ0n) is 11.0. The van der Waals surface area contributed by atoms with Crippen molar-refractivity contribution in [3.05, 3.63) is 17.6 Å². The third-order valence-electron chi connectivity index (χ3n) is 3.83. The number of ether oxygens (including phenoxy) is 1. The molecule has 1 saturated carbocycles. The number of nitrogens with two attached hydrogens (primary N) is 2. The second-order valence-electron chi connectivity index (χ2n) is 4.92. The lowest BCUT2D eigenvalue weighted by Gasteiger charge is -2.29. The van der Waals surface area contributed by atoms with Gasteiger partial charge in [-0.3, -0.25) is 0 Å². The summed E-state index contributed by atoms with van der Waals surface area (Å²) in [6, 6.07) is 0. The van der Waals surface area contributed by atoms with Gasteiger partial charge in [-0.2, -0.15) is 0 Å². The quantitative estimate of drug-likeness (QED) is 0.797. The van der Waals surface area contributed by atoms with Gasteiger partial charge in [-0.05, 0) is 12.8 Å². The van der Waals surface area contributed by atoms with Gasteiger partial charge in [0.2, 0.25) is 0 Å². The highest BCUT2D eigenvalue weighted by Crippen LogP contribution is 2.37. The number of hydrogen-bond acceptors (Lipinski definition) is 5. The molecule has 1 aromatic rings. The molecular formula is C13H22N4O. The third-order valence-corrected chi connectivity index (χ3v) is 3.83. The van der Waals surface area contributed by atoms with E-state index in [1.165, 1.54) is 12.8 Å². The molecule has 0 bridgehead atoms. The maximum Gasteiger partial charge on any atom is 0.162 e. The minimum Gasteiger partial charge on any atom is -0.383 e. The van der Waals surface area contributed by atoms with Gasteiger partial charge in [-0.25, -0.2) is 9.97 Å². The molecule has 2 rings (SSSR count). The molecule has 0 aromatic carbocycles. The number of anilines is 1. The summed E-state index contributed by atoms with van der Waals surface area (Å²) in [6.45, 7) is 0.367. The number of methoxy groups -OCH3 is 1. The summed E-state index contributed by atoms with van der Waals surface area (Å²) >= 11 is 0. The monoisotopic (exact) mass is 250 g/mol. The predicted octanol–water partition coefficient (Wildman–Crippen LogP) is 1.71. The third kappa shape index (κ3) is 2.47. The van der Waals surface area contributed by atoms with Crippen LogP contribution in [0.5, 0.6) is 0 Å². The first kappa shape index (κ1) is 13.2. The topological polar surface area (TPSA) is 87.0 Å². The summed E-state index contributed by atoms with van der Waals surface area (Å²) in [6.07, 6.45) is 8.45. The molecule has 0 unspecified atom stereocenters. The lowest BCUT2D eigenvalue weighted by molar-refractivity contribution is -0.0350. The number of nitrogens with zero attached hydrogens (tertiary/aromatic N) is 2. The van der Waals surface area contributed by atoms with Gasteiger partial charge < -0.3 is 16.2 Å². The van der Waals surface area contributed by atoms with E-state index < -0.39 is 0 Å². The van der Waals surface area contributed by atoms with E-state index in [4.69, 9.17) is 16.2 Å². The smallest absolute Gasteiger partial charge is 0.162 e. The minimum atomic E-state index is -0.363. The molecule has 1 fully saturated rings. The van der Waals surface area contributed by atoms with Crippen LogP contribution in [-0.4, -0.2) is 17.1 Å². The number of hydrogen-bond donors (Lipinski definition) is 2. The van der Waals surface area contributed by atoms with Gasteiger partial charge in [0, 0.05) is 25.4 Å². The van der Waals surface area contributed by atoms with Gasteiger partial charge in [0.05, 0.1) is 0 Å². The van der Waals surface area contributed by atoms with Crippen LogP contribution in [0.15, 0.2) is 6.20 Å². The highest BCUT2D eigenvalue weighted by molar-refractivity contribution is 5.38. The van der Waals surface area contributed by atoms with Crippen molar-refractivity contribution in [3.8, 4) is 0 Å². The summed E-state index contributed by atoms with van der Waals surface area (Å²) in [5, 5.41) is 0. The molecule has 0 aliphatic heterocycles. The maximum absolute atomic E-state index is 5.90. The van der Waals surface area contributed by atoms with Gasteiger partial charge in [-0.1, -0.05) is 25.7 Å². The molecule has 100 valence electrons. The molecule has 0 amide bonds. The molecule has 1 aliphatic rings. The number of nitrogen functional groups attached to an aromatic ring is 1. The van der Waals surface area contributed by atoms with E-state index >= 15 is 0 Å². The van der Waals surface area contributed by atoms with E-state index in [1.807, 2.05) is 0 Å². The fourth-order valence-electron chi connectivity index (χ4n) is 2.62. The Balaban J connectivity index is 2.33. The van der Waals surface area contributed by atoms with E-state index in [2.05, 4.69) is 9.97 Å². The molecular weight excluding hydrogens is 228 g/mol. The Kier molecular flexibility index (Phi) is 4.14. The predicted molar refractivity (Wildman–Crippen MR) is 70.7 cm³/mol. The average Bonchev–Trinajstić information content (AvgIpc) is 2.65. The fourth-order valence-corrected chi connectivity index (χ4v) is 2.62. The number of rotatable bonds is 3. The van der Waals surface area contributed by atoms with Crippen molar-refractivity contribution >= 4 is 5.82 Å². The van der Waals surface area contributed by atoms with Crippen LogP contribution in [0.2, 0.25) is 0 Å². The van der Waals surface area contributed by atoms with Crippen LogP contribution < -0.4 is 11.5 Å². The first-order valence-corrected chi connectivity index (χ1v) is 6.59. The lowest BCUT2D eigenvalue weighted by Crippen LogP contribution is -2.31. The molecule has 1 heterocycles. The zero-order valence-corrected chi connectivity index (χ0v) is 11.0. The van der Waals surface area contributed by atoms with Crippen LogP contribution >= 0.6 is 0 Å². The van der Waals surface area contributed by atoms with Crippen molar-refractivity contribution in [2.24, 2.45) is 5.73 Å². The molecule has 1 aliphatic carbocycles. The standard InChI is InChI=1S/C13H22N4O/c1-18-13(6-4-2-3-5-7-13)12-16-9-10(8-14)11(15)17-12/h9H,2-8,14H2,1H3,(H2,15,16,17). The normalized spacial score (nSPS) is 19.4. The molecule has 5 nitrogen and oxygen atoms in total. The molecule has 0 spiro atoms. The van der Waals surface area contributed by atoms with Gasteiger partial charge >= 0.3 is 0 Å². The van der Waals surface area contributed by atoms with E-state index in [0.29, 0.717) is 18.2 Å². The Hall–Kier alpha value is -1.20. The van der Waals surface area contributed by atoms with Crippen LogP contribution in [0.25, 0.3) is 0 Å². The van der Waals surface area contributed by atoms with Crippen molar-refractivity contribution in [1.29, 1.82) is 0 Å². The summed E-state index contributed by atoms with van der Waals surface area (Å²) in [7, 11) is 1.74. The first-order chi connectivity index (χ1) is 8.72. The maximum atomic E-state index is 5.90. The van der Waals surface area contributed by atoms with Crippen molar-refractivity contribution in [2.45, 2.75) is 50.7 Å². The highest BCUT2D eigenvalue weighted by Gasteiger charge is 2.35. The van der Waals surface area contributed by atoms with E-state index in [-0.39, 0.29) is 5.60 Å². The molecule has 4 N–H and O–H groups in total. The molecule has 18 heavy (non-hydrogen) atoms. The van der Waals surface area contributed by atoms with Crippen molar-refractivity contribution in [1.82, 2.24) is 9.97 Å². The van der Waals surface area contributed by atoms with E-state index in [0.717, 1.165) is 31.2 Å². The average molecular weight is 250 g/mol. The van der Waals surface area contributed by atoms with Crippen LogP contribution in [0, 0.1) is 0 Å². The van der Waals surface area contributed by atoms with Gasteiger partial charge in [-0.15, -0.1) is 0 Å². The summed E-state index contributed by atoms with van der Waals surface area (Å²) in [5.41, 5.74) is 11.9. The van der Waals surface area contributed by atoms with Gasteiger partial charge in [0.25, 0.3) is 0 Å². The van der Waals surface area contributed by atoms with Gasteiger partial charge in [0.15, 0.2) is 5.82 Å².